The average molecular weight is 142 g/mol. The molecule has 0 aromatic carbocycles. The van der Waals surface area contributed by atoms with Gasteiger partial charge < -0.3 is 4.74 Å². The fourth-order valence-corrected chi connectivity index (χ4v) is 1.31. The summed E-state index contributed by atoms with van der Waals surface area (Å²) >= 11 is 0. The highest BCUT2D eigenvalue weighted by Crippen LogP contribution is 2.18. The van der Waals surface area contributed by atoms with Gasteiger partial charge in [-0.1, -0.05) is 13.3 Å². The van der Waals surface area contributed by atoms with E-state index >= 15 is 0 Å². The fourth-order valence-electron chi connectivity index (χ4n) is 1.31. The predicted octanol–water partition coefficient (Wildman–Crippen LogP) is 1.53. The van der Waals surface area contributed by atoms with Crippen LogP contribution in [0.2, 0.25) is 0 Å². The van der Waals surface area contributed by atoms with Crippen molar-refractivity contribution in [3.8, 4) is 0 Å². The minimum atomic E-state index is -0.0833. The van der Waals surface area contributed by atoms with Gasteiger partial charge in [0.05, 0.1) is 6.10 Å². The van der Waals surface area contributed by atoms with Crippen LogP contribution in [0.25, 0.3) is 0 Å². The van der Waals surface area contributed by atoms with E-state index in [1.54, 1.807) is 0 Å². The summed E-state index contributed by atoms with van der Waals surface area (Å²) in [5, 5.41) is 0. The van der Waals surface area contributed by atoms with Gasteiger partial charge >= 0.3 is 0 Å². The molecule has 2 unspecified atom stereocenters. The third kappa shape index (κ3) is 1.57. The standard InChI is InChI=1S/C8H14O2/c1-3-4-8-7(9)5-6(2)10-8/h6,8H,3-5H2,1-2H3. The third-order valence-corrected chi connectivity index (χ3v) is 1.80. The van der Waals surface area contributed by atoms with Gasteiger partial charge in [-0.25, -0.2) is 0 Å². The highest BCUT2D eigenvalue weighted by molar-refractivity contribution is 5.85. The van der Waals surface area contributed by atoms with Crippen LogP contribution >= 0.6 is 0 Å². The normalized spacial score (nSPS) is 33.2. The van der Waals surface area contributed by atoms with Crippen molar-refractivity contribution in [2.24, 2.45) is 0 Å². The van der Waals surface area contributed by atoms with Crippen molar-refractivity contribution in [2.75, 3.05) is 0 Å². The lowest BCUT2D eigenvalue weighted by molar-refractivity contribution is -0.122. The molecular formula is C8H14O2. The summed E-state index contributed by atoms with van der Waals surface area (Å²) in [5.74, 6) is 0.286. The lowest BCUT2D eigenvalue weighted by atomic mass is 10.1. The van der Waals surface area contributed by atoms with Crippen molar-refractivity contribution >= 4 is 5.78 Å². The van der Waals surface area contributed by atoms with Crippen molar-refractivity contribution in [1.82, 2.24) is 0 Å². The second-order valence-electron chi connectivity index (χ2n) is 2.89. The van der Waals surface area contributed by atoms with Crippen LogP contribution in [0.4, 0.5) is 0 Å². The van der Waals surface area contributed by atoms with Crippen LogP contribution in [0.15, 0.2) is 0 Å². The molecule has 0 aliphatic carbocycles. The van der Waals surface area contributed by atoms with Crippen LogP contribution in [0.3, 0.4) is 0 Å². The monoisotopic (exact) mass is 142 g/mol. The first kappa shape index (κ1) is 7.73. The van der Waals surface area contributed by atoms with E-state index in [9.17, 15) is 4.79 Å². The minimum Gasteiger partial charge on any atom is -0.367 e. The van der Waals surface area contributed by atoms with E-state index in [1.807, 2.05) is 6.92 Å². The van der Waals surface area contributed by atoms with Gasteiger partial charge in [-0.2, -0.15) is 0 Å². The van der Waals surface area contributed by atoms with E-state index in [2.05, 4.69) is 6.92 Å². The van der Waals surface area contributed by atoms with Crippen LogP contribution in [-0.4, -0.2) is 18.0 Å². The van der Waals surface area contributed by atoms with Gasteiger partial charge in [-0.15, -0.1) is 0 Å². The zero-order valence-electron chi connectivity index (χ0n) is 6.59. The van der Waals surface area contributed by atoms with Crippen molar-refractivity contribution in [1.29, 1.82) is 0 Å². The molecule has 0 bridgehead atoms. The van der Waals surface area contributed by atoms with Gasteiger partial charge in [-0.05, 0) is 13.3 Å². The molecule has 0 aromatic heterocycles. The van der Waals surface area contributed by atoms with Crippen LogP contribution in [-0.2, 0) is 9.53 Å². The zero-order valence-corrected chi connectivity index (χ0v) is 6.59. The average Bonchev–Trinajstić information content (AvgIpc) is 2.13. The summed E-state index contributed by atoms with van der Waals surface area (Å²) in [4.78, 5) is 11.0. The summed E-state index contributed by atoms with van der Waals surface area (Å²) < 4.78 is 5.36. The van der Waals surface area contributed by atoms with E-state index in [-0.39, 0.29) is 18.0 Å². The predicted molar refractivity (Wildman–Crippen MR) is 38.9 cm³/mol. The van der Waals surface area contributed by atoms with E-state index in [0.717, 1.165) is 12.8 Å². The number of carbonyl (C=O) groups excluding carboxylic acids is 1. The van der Waals surface area contributed by atoms with Crippen molar-refractivity contribution in [3.63, 3.8) is 0 Å². The van der Waals surface area contributed by atoms with Gasteiger partial charge in [0.15, 0.2) is 5.78 Å². The van der Waals surface area contributed by atoms with Crippen molar-refractivity contribution in [3.05, 3.63) is 0 Å². The van der Waals surface area contributed by atoms with Crippen LogP contribution < -0.4 is 0 Å². The third-order valence-electron chi connectivity index (χ3n) is 1.80. The lowest BCUT2D eigenvalue weighted by Crippen LogP contribution is -2.14. The van der Waals surface area contributed by atoms with Crippen LogP contribution in [0.5, 0.6) is 0 Å². The minimum absolute atomic E-state index is 0.0833. The maximum Gasteiger partial charge on any atom is 0.164 e. The number of ether oxygens (including phenoxy) is 1. The van der Waals surface area contributed by atoms with Crippen molar-refractivity contribution in [2.45, 2.75) is 45.3 Å². The molecule has 1 aliphatic rings. The molecule has 1 saturated heterocycles. The Kier molecular flexibility index (Phi) is 2.44. The van der Waals surface area contributed by atoms with Gasteiger partial charge in [0, 0.05) is 6.42 Å². The highest BCUT2D eigenvalue weighted by atomic mass is 16.5. The summed E-state index contributed by atoms with van der Waals surface area (Å²) in [6, 6.07) is 0. The number of Topliss-reactive ketones (excluding diaryl/α,β-unsaturated/α-hetero) is 1. The molecule has 1 heterocycles. The van der Waals surface area contributed by atoms with Crippen LogP contribution in [0.1, 0.15) is 33.1 Å². The number of carbonyl (C=O) groups is 1. The Labute approximate surface area is 61.6 Å². The van der Waals surface area contributed by atoms with Crippen molar-refractivity contribution < 1.29 is 9.53 Å². The zero-order chi connectivity index (χ0) is 7.56. The molecule has 0 aromatic rings. The van der Waals surface area contributed by atoms with E-state index < -0.39 is 0 Å². The van der Waals surface area contributed by atoms with Gasteiger partial charge in [0.1, 0.15) is 6.10 Å². The summed E-state index contributed by atoms with van der Waals surface area (Å²) in [7, 11) is 0. The maximum absolute atomic E-state index is 11.0. The number of rotatable bonds is 2. The molecule has 0 radical (unpaired) electrons. The Morgan fingerprint density at radius 3 is 2.80 bits per heavy atom. The Balaban J connectivity index is 2.39. The maximum atomic E-state index is 11.0. The number of hydrogen-bond acceptors (Lipinski definition) is 2. The second kappa shape index (κ2) is 3.15. The molecule has 0 N–H and O–H groups in total. The molecule has 2 nitrogen and oxygen atoms in total. The molecule has 58 valence electrons. The highest BCUT2D eigenvalue weighted by Gasteiger charge is 2.29. The fraction of sp³-hybridized carbons (Fsp3) is 0.875. The topological polar surface area (TPSA) is 26.3 Å². The molecule has 1 rings (SSSR count). The largest absolute Gasteiger partial charge is 0.367 e. The molecule has 2 heteroatoms. The van der Waals surface area contributed by atoms with Gasteiger partial charge in [0.25, 0.3) is 0 Å². The van der Waals surface area contributed by atoms with E-state index in [0.29, 0.717) is 6.42 Å². The molecule has 2 atom stereocenters. The molecule has 0 saturated carbocycles. The first-order chi connectivity index (χ1) is 4.74. The lowest BCUT2D eigenvalue weighted by Gasteiger charge is -2.06. The number of hydrogen-bond donors (Lipinski definition) is 0. The molecule has 1 fully saturated rings. The Bertz CT molecular complexity index is 131. The van der Waals surface area contributed by atoms with Gasteiger partial charge in [0.2, 0.25) is 0 Å². The second-order valence-corrected chi connectivity index (χ2v) is 2.89. The molecule has 0 amide bonds. The van der Waals surface area contributed by atoms with Gasteiger partial charge in [-0.3, -0.25) is 4.79 Å². The van der Waals surface area contributed by atoms with Crippen LogP contribution in [0, 0.1) is 0 Å². The molecule has 0 spiro atoms. The smallest absolute Gasteiger partial charge is 0.164 e. The first-order valence-electron chi connectivity index (χ1n) is 3.92. The SMILES string of the molecule is CCCC1OC(C)CC1=O. The van der Waals surface area contributed by atoms with E-state index in [4.69, 9.17) is 4.74 Å². The Morgan fingerprint density at radius 2 is 2.40 bits per heavy atom. The Morgan fingerprint density at radius 1 is 1.70 bits per heavy atom. The molecular weight excluding hydrogens is 128 g/mol. The summed E-state index contributed by atoms with van der Waals surface area (Å²) in [6.45, 7) is 4.02. The summed E-state index contributed by atoms with van der Waals surface area (Å²) in [5.41, 5.74) is 0. The summed E-state index contributed by atoms with van der Waals surface area (Å²) in [6.07, 6.45) is 2.61. The quantitative estimate of drug-likeness (QED) is 0.584. The molecule has 1 aliphatic heterocycles. The van der Waals surface area contributed by atoms with E-state index in [1.165, 1.54) is 0 Å². The first-order valence-corrected chi connectivity index (χ1v) is 3.92. The number of ketones is 1. The Hall–Kier alpha value is -0.370. The molecule has 10 heavy (non-hydrogen) atoms.